The summed E-state index contributed by atoms with van der Waals surface area (Å²) in [5.41, 5.74) is 1.55. The molecule has 0 saturated carbocycles. The Balaban J connectivity index is 1.73. The number of rotatable bonds is 5. The molecule has 6 nitrogen and oxygen atoms in total. The predicted octanol–water partition coefficient (Wildman–Crippen LogP) is 1.35. The number of hydrogen-bond donors (Lipinski definition) is 1. The molecule has 2 fully saturated rings. The van der Waals surface area contributed by atoms with Gasteiger partial charge < -0.3 is 5.32 Å². The van der Waals surface area contributed by atoms with E-state index in [1.165, 1.54) is 4.90 Å². The number of imide groups is 1. The third-order valence-electron chi connectivity index (χ3n) is 6.44. The Morgan fingerprint density at radius 3 is 2.46 bits per heavy atom. The van der Waals surface area contributed by atoms with E-state index in [1.54, 1.807) is 7.05 Å². The number of piperidine rings is 1. The Hall–Kier alpha value is -2.73. The standard InChI is InChI=1S/C22H25N3O3/c1-4-8-15-17-14(20(26)23-2)11-16(24(15)3)18-19(17)22(28)25(21(18)27)12-13-9-6-5-7-10-13/h4-7,9-11,15-19H,1,8,12H2,2-3H3,(H,23,26). The number of benzene rings is 1. The van der Waals surface area contributed by atoms with Crippen molar-refractivity contribution in [1.29, 1.82) is 0 Å². The van der Waals surface area contributed by atoms with Gasteiger partial charge in [0.05, 0.1) is 18.4 Å². The first-order valence-corrected chi connectivity index (χ1v) is 9.65. The van der Waals surface area contributed by atoms with Gasteiger partial charge in [0.15, 0.2) is 0 Å². The van der Waals surface area contributed by atoms with Crippen molar-refractivity contribution in [3.63, 3.8) is 0 Å². The van der Waals surface area contributed by atoms with Gasteiger partial charge in [-0.25, -0.2) is 0 Å². The monoisotopic (exact) mass is 379 g/mol. The molecule has 2 bridgehead atoms. The maximum Gasteiger partial charge on any atom is 0.247 e. The molecule has 4 aliphatic rings. The lowest BCUT2D eigenvalue weighted by atomic mass is 9.62. The zero-order valence-corrected chi connectivity index (χ0v) is 16.2. The van der Waals surface area contributed by atoms with E-state index in [4.69, 9.17) is 0 Å². The third kappa shape index (κ3) is 2.63. The number of fused-ring (bicyclic) bond motifs is 1. The van der Waals surface area contributed by atoms with Crippen LogP contribution in [0.25, 0.3) is 0 Å². The van der Waals surface area contributed by atoms with Crippen molar-refractivity contribution in [3.05, 3.63) is 60.2 Å². The highest BCUT2D eigenvalue weighted by Crippen LogP contribution is 2.51. The van der Waals surface area contributed by atoms with Gasteiger partial charge in [-0.3, -0.25) is 24.2 Å². The number of hydrogen-bond acceptors (Lipinski definition) is 4. The Morgan fingerprint density at radius 1 is 1.14 bits per heavy atom. The molecule has 28 heavy (non-hydrogen) atoms. The smallest absolute Gasteiger partial charge is 0.247 e. The molecule has 3 heterocycles. The average Bonchev–Trinajstić information content (AvgIpc) is 2.96. The van der Waals surface area contributed by atoms with Crippen molar-refractivity contribution < 1.29 is 14.4 Å². The van der Waals surface area contributed by atoms with Gasteiger partial charge in [-0.1, -0.05) is 42.5 Å². The Bertz CT molecular complexity index is 863. The largest absolute Gasteiger partial charge is 0.355 e. The van der Waals surface area contributed by atoms with Crippen LogP contribution >= 0.6 is 0 Å². The number of nitrogens with zero attached hydrogens (tertiary/aromatic N) is 2. The Morgan fingerprint density at radius 2 is 1.82 bits per heavy atom. The molecule has 1 N–H and O–H groups in total. The number of carbonyl (C=O) groups is 3. The van der Waals surface area contributed by atoms with Crippen molar-refractivity contribution in [2.24, 2.45) is 17.8 Å². The molecule has 146 valence electrons. The molecular weight excluding hydrogens is 354 g/mol. The summed E-state index contributed by atoms with van der Waals surface area (Å²) >= 11 is 0. The van der Waals surface area contributed by atoms with Crippen LogP contribution < -0.4 is 5.32 Å². The molecule has 0 aromatic heterocycles. The number of carbonyl (C=O) groups excluding carboxylic acids is 3. The molecule has 3 aliphatic heterocycles. The molecule has 5 rings (SSSR count). The SMILES string of the molecule is C=CCC1C2C(C(=O)NC)=CC(C3C(=O)N(Cc4ccccc4)C(=O)C32)N1C. The second-order valence-electron chi connectivity index (χ2n) is 7.77. The molecule has 5 atom stereocenters. The quantitative estimate of drug-likeness (QED) is 0.619. The molecule has 1 aromatic rings. The normalized spacial score (nSPS) is 31.6. The number of likely N-dealkylation sites (tertiary alicyclic amines) is 1. The maximum atomic E-state index is 13.4. The van der Waals surface area contributed by atoms with Crippen molar-refractivity contribution in [3.8, 4) is 0 Å². The molecule has 0 spiro atoms. The second-order valence-corrected chi connectivity index (χ2v) is 7.77. The van der Waals surface area contributed by atoms with Crippen LogP contribution in [0.3, 0.4) is 0 Å². The molecule has 3 amide bonds. The van der Waals surface area contributed by atoms with Gasteiger partial charge in [-0.15, -0.1) is 6.58 Å². The van der Waals surface area contributed by atoms with Crippen LogP contribution in [0.4, 0.5) is 0 Å². The fraction of sp³-hybridized carbons (Fsp3) is 0.409. The predicted molar refractivity (Wildman–Crippen MR) is 105 cm³/mol. The number of likely N-dealkylation sites (N-methyl/N-ethyl adjacent to an activating group) is 2. The molecule has 6 heteroatoms. The summed E-state index contributed by atoms with van der Waals surface area (Å²) in [6.07, 6.45) is 4.37. The van der Waals surface area contributed by atoms with E-state index in [0.29, 0.717) is 12.0 Å². The lowest BCUT2D eigenvalue weighted by molar-refractivity contribution is -0.140. The number of amides is 3. The van der Waals surface area contributed by atoms with Crippen molar-refractivity contribution in [1.82, 2.24) is 15.1 Å². The number of nitrogens with one attached hydrogen (secondary N) is 1. The van der Waals surface area contributed by atoms with E-state index in [2.05, 4.69) is 16.8 Å². The van der Waals surface area contributed by atoms with Crippen molar-refractivity contribution in [2.75, 3.05) is 14.1 Å². The van der Waals surface area contributed by atoms with Gasteiger partial charge >= 0.3 is 0 Å². The summed E-state index contributed by atoms with van der Waals surface area (Å²) in [5, 5.41) is 2.69. The Labute approximate surface area is 164 Å². The lowest BCUT2D eigenvalue weighted by Crippen LogP contribution is -2.62. The minimum absolute atomic E-state index is 0.0190. The summed E-state index contributed by atoms with van der Waals surface area (Å²) < 4.78 is 0. The highest BCUT2D eigenvalue weighted by molar-refractivity contribution is 6.08. The van der Waals surface area contributed by atoms with Gasteiger partial charge in [0.25, 0.3) is 0 Å². The zero-order chi connectivity index (χ0) is 20.0. The van der Waals surface area contributed by atoms with Crippen LogP contribution in [0, 0.1) is 17.8 Å². The minimum atomic E-state index is -0.486. The Kier molecular flexibility index (Phi) is 4.67. The van der Waals surface area contributed by atoms with Crippen LogP contribution in [0.1, 0.15) is 12.0 Å². The average molecular weight is 379 g/mol. The molecule has 5 unspecified atom stereocenters. The second kappa shape index (κ2) is 7.02. The van der Waals surface area contributed by atoms with Gasteiger partial charge in [0.2, 0.25) is 17.7 Å². The van der Waals surface area contributed by atoms with E-state index < -0.39 is 11.8 Å². The van der Waals surface area contributed by atoms with Gasteiger partial charge in [0.1, 0.15) is 0 Å². The van der Waals surface area contributed by atoms with Crippen LogP contribution in [-0.4, -0.2) is 53.7 Å². The first kappa shape index (κ1) is 18.6. The van der Waals surface area contributed by atoms with E-state index in [9.17, 15) is 14.4 Å². The van der Waals surface area contributed by atoms with Gasteiger partial charge in [-0.05, 0) is 19.0 Å². The molecule has 1 aliphatic carbocycles. The fourth-order valence-electron chi connectivity index (χ4n) is 5.17. The van der Waals surface area contributed by atoms with Gasteiger partial charge in [0, 0.05) is 30.6 Å². The third-order valence-corrected chi connectivity index (χ3v) is 6.44. The topological polar surface area (TPSA) is 69.7 Å². The molecular formula is C22H25N3O3. The minimum Gasteiger partial charge on any atom is -0.355 e. The fourth-order valence-corrected chi connectivity index (χ4v) is 5.17. The van der Waals surface area contributed by atoms with E-state index in [-0.39, 0.29) is 42.3 Å². The highest BCUT2D eigenvalue weighted by Gasteiger charge is 2.63. The van der Waals surface area contributed by atoms with Crippen molar-refractivity contribution >= 4 is 17.7 Å². The van der Waals surface area contributed by atoms with Crippen LogP contribution in [0.5, 0.6) is 0 Å². The van der Waals surface area contributed by atoms with Gasteiger partial charge in [-0.2, -0.15) is 0 Å². The van der Waals surface area contributed by atoms with Crippen LogP contribution in [0.2, 0.25) is 0 Å². The molecule has 0 radical (unpaired) electrons. The molecule has 2 saturated heterocycles. The lowest BCUT2D eigenvalue weighted by Gasteiger charge is -2.52. The first-order valence-electron chi connectivity index (χ1n) is 9.65. The maximum absolute atomic E-state index is 13.4. The van der Waals surface area contributed by atoms with E-state index in [0.717, 1.165) is 5.56 Å². The van der Waals surface area contributed by atoms with E-state index >= 15 is 0 Å². The van der Waals surface area contributed by atoms with E-state index in [1.807, 2.05) is 49.5 Å². The summed E-state index contributed by atoms with van der Waals surface area (Å²) in [6, 6.07) is 9.26. The van der Waals surface area contributed by atoms with Crippen LogP contribution in [-0.2, 0) is 20.9 Å². The zero-order valence-electron chi connectivity index (χ0n) is 16.2. The summed E-state index contributed by atoms with van der Waals surface area (Å²) in [5.74, 6) is -1.69. The molecule has 1 aromatic carbocycles. The van der Waals surface area contributed by atoms with Crippen LogP contribution in [0.15, 0.2) is 54.6 Å². The summed E-state index contributed by atoms with van der Waals surface area (Å²) in [6.45, 7) is 4.12. The van der Waals surface area contributed by atoms with Crippen molar-refractivity contribution in [2.45, 2.75) is 25.0 Å². The summed E-state index contributed by atoms with van der Waals surface area (Å²) in [4.78, 5) is 42.6. The highest BCUT2D eigenvalue weighted by atomic mass is 16.2. The first-order chi connectivity index (χ1) is 13.5. The summed E-state index contributed by atoms with van der Waals surface area (Å²) in [7, 11) is 3.56.